The van der Waals surface area contributed by atoms with Crippen molar-refractivity contribution in [2.75, 3.05) is 26.3 Å². The Kier molecular flexibility index (Phi) is 5.28. The van der Waals surface area contributed by atoms with Crippen LogP contribution in [0.1, 0.15) is 30.8 Å². The number of imidazole rings is 1. The molecule has 1 aliphatic heterocycles. The smallest absolute Gasteiger partial charge is 0.274 e. The normalized spacial score (nSPS) is 17.9. The van der Waals surface area contributed by atoms with Crippen LogP contribution in [0, 0.1) is 5.92 Å². The molecule has 1 aliphatic rings. The van der Waals surface area contributed by atoms with Gasteiger partial charge in [-0.25, -0.2) is 9.50 Å². The predicted octanol–water partition coefficient (Wildman–Crippen LogP) is 0.733. The molecule has 1 atom stereocenters. The summed E-state index contributed by atoms with van der Waals surface area (Å²) in [5.41, 5.74) is 1.01. The number of hydrogen-bond acceptors (Lipinski definition) is 5. The molecule has 8 heteroatoms. The largest absolute Gasteiger partial charge is 0.377 e. The molecule has 0 spiro atoms. The van der Waals surface area contributed by atoms with Gasteiger partial charge in [0.2, 0.25) is 5.91 Å². The lowest BCUT2D eigenvalue weighted by Crippen LogP contribution is -2.51. The van der Waals surface area contributed by atoms with Gasteiger partial charge in [0, 0.05) is 25.7 Å². The standard InChI is InChI=1S/C17H23N5O3/c1-12(2)9-19-16(23)8-13-11-25-7-6-21(13)17(24)14-10-18-15-4-3-5-20-22(14)15/h3-5,10,12-13H,6-9,11H2,1-2H3,(H,19,23)/t13-/m0/s1. The number of morpholine rings is 1. The van der Waals surface area contributed by atoms with E-state index >= 15 is 0 Å². The van der Waals surface area contributed by atoms with E-state index in [1.807, 2.05) is 13.8 Å². The van der Waals surface area contributed by atoms with Gasteiger partial charge < -0.3 is 15.0 Å². The maximum Gasteiger partial charge on any atom is 0.274 e. The Bertz CT molecular complexity index is 758. The Morgan fingerprint density at radius 2 is 2.28 bits per heavy atom. The third-order valence-electron chi connectivity index (χ3n) is 4.11. The summed E-state index contributed by atoms with van der Waals surface area (Å²) < 4.78 is 7.00. The number of nitrogens with zero attached hydrogens (tertiary/aromatic N) is 4. The van der Waals surface area contributed by atoms with Crippen LogP contribution in [0.3, 0.4) is 0 Å². The van der Waals surface area contributed by atoms with Crippen LogP contribution in [0.2, 0.25) is 0 Å². The molecule has 0 radical (unpaired) electrons. The lowest BCUT2D eigenvalue weighted by atomic mass is 10.1. The molecule has 1 N–H and O–H groups in total. The van der Waals surface area contributed by atoms with Crippen molar-refractivity contribution in [3.63, 3.8) is 0 Å². The minimum Gasteiger partial charge on any atom is -0.377 e. The van der Waals surface area contributed by atoms with Crippen molar-refractivity contribution >= 4 is 17.5 Å². The molecule has 0 saturated carbocycles. The van der Waals surface area contributed by atoms with Crippen LogP contribution in [0.25, 0.3) is 5.65 Å². The van der Waals surface area contributed by atoms with E-state index in [9.17, 15) is 9.59 Å². The SMILES string of the molecule is CC(C)CNC(=O)C[C@H]1COCCN1C(=O)c1cnc2cccnn12. The number of carbonyl (C=O) groups excluding carboxylic acids is 2. The summed E-state index contributed by atoms with van der Waals surface area (Å²) in [4.78, 5) is 31.0. The van der Waals surface area contributed by atoms with E-state index in [1.54, 1.807) is 23.2 Å². The minimum atomic E-state index is -0.289. The van der Waals surface area contributed by atoms with Gasteiger partial charge in [-0.15, -0.1) is 0 Å². The van der Waals surface area contributed by atoms with Crippen molar-refractivity contribution in [2.24, 2.45) is 5.92 Å². The molecular formula is C17H23N5O3. The number of rotatable bonds is 5. The summed E-state index contributed by atoms with van der Waals surface area (Å²) in [7, 11) is 0. The minimum absolute atomic E-state index is 0.0710. The van der Waals surface area contributed by atoms with Gasteiger partial charge in [-0.1, -0.05) is 13.8 Å². The third kappa shape index (κ3) is 3.96. The first kappa shape index (κ1) is 17.3. The van der Waals surface area contributed by atoms with Crippen LogP contribution < -0.4 is 5.32 Å². The third-order valence-corrected chi connectivity index (χ3v) is 4.11. The zero-order chi connectivity index (χ0) is 17.8. The zero-order valence-corrected chi connectivity index (χ0v) is 14.5. The van der Waals surface area contributed by atoms with Crippen molar-refractivity contribution in [2.45, 2.75) is 26.3 Å². The van der Waals surface area contributed by atoms with Crippen molar-refractivity contribution in [3.05, 3.63) is 30.2 Å². The Labute approximate surface area is 146 Å². The van der Waals surface area contributed by atoms with E-state index in [2.05, 4.69) is 15.4 Å². The van der Waals surface area contributed by atoms with Gasteiger partial charge >= 0.3 is 0 Å². The van der Waals surface area contributed by atoms with Gasteiger partial charge in [0.1, 0.15) is 0 Å². The van der Waals surface area contributed by atoms with Gasteiger partial charge in [0.05, 0.1) is 25.5 Å². The molecule has 2 aromatic rings. The monoisotopic (exact) mass is 345 g/mol. The van der Waals surface area contributed by atoms with Crippen LogP contribution >= 0.6 is 0 Å². The average molecular weight is 345 g/mol. The van der Waals surface area contributed by atoms with Gasteiger partial charge in [0.25, 0.3) is 5.91 Å². The van der Waals surface area contributed by atoms with Gasteiger partial charge in [-0.05, 0) is 18.1 Å². The van der Waals surface area contributed by atoms with Crippen LogP contribution in [0.4, 0.5) is 0 Å². The van der Waals surface area contributed by atoms with Crippen molar-refractivity contribution in [1.29, 1.82) is 0 Å². The highest BCUT2D eigenvalue weighted by Crippen LogP contribution is 2.16. The lowest BCUT2D eigenvalue weighted by Gasteiger charge is -2.35. The lowest BCUT2D eigenvalue weighted by molar-refractivity contribution is -0.123. The zero-order valence-electron chi connectivity index (χ0n) is 14.5. The molecule has 2 aromatic heterocycles. The second-order valence-electron chi connectivity index (χ2n) is 6.57. The van der Waals surface area contributed by atoms with Crippen LogP contribution in [0.5, 0.6) is 0 Å². The van der Waals surface area contributed by atoms with Gasteiger partial charge in [0.15, 0.2) is 11.3 Å². The first-order chi connectivity index (χ1) is 12.1. The van der Waals surface area contributed by atoms with E-state index in [1.165, 1.54) is 10.7 Å². The molecule has 0 aliphatic carbocycles. The van der Waals surface area contributed by atoms with Crippen molar-refractivity contribution in [1.82, 2.24) is 24.8 Å². The molecule has 3 heterocycles. The molecule has 0 unspecified atom stereocenters. The van der Waals surface area contributed by atoms with E-state index in [0.717, 1.165) is 0 Å². The molecule has 3 rings (SSSR count). The van der Waals surface area contributed by atoms with E-state index < -0.39 is 0 Å². The number of ether oxygens (including phenoxy) is 1. The summed E-state index contributed by atoms with van der Waals surface area (Å²) in [5.74, 6) is 0.128. The number of nitrogens with one attached hydrogen (secondary N) is 1. The van der Waals surface area contributed by atoms with E-state index in [-0.39, 0.29) is 24.3 Å². The Balaban J connectivity index is 1.74. The van der Waals surface area contributed by atoms with Gasteiger partial charge in [-0.3, -0.25) is 9.59 Å². The second kappa shape index (κ2) is 7.60. The fourth-order valence-electron chi connectivity index (χ4n) is 2.82. The van der Waals surface area contributed by atoms with Crippen molar-refractivity contribution < 1.29 is 14.3 Å². The number of fused-ring (bicyclic) bond motifs is 1. The first-order valence-corrected chi connectivity index (χ1v) is 8.50. The summed E-state index contributed by atoms with van der Waals surface area (Å²) >= 11 is 0. The van der Waals surface area contributed by atoms with Gasteiger partial charge in [-0.2, -0.15) is 5.10 Å². The van der Waals surface area contributed by atoms with Crippen molar-refractivity contribution in [3.8, 4) is 0 Å². The fraction of sp³-hybridized carbons (Fsp3) is 0.529. The van der Waals surface area contributed by atoms with E-state index in [0.29, 0.717) is 43.6 Å². The fourth-order valence-corrected chi connectivity index (χ4v) is 2.82. The van der Waals surface area contributed by atoms with E-state index in [4.69, 9.17) is 4.74 Å². The quantitative estimate of drug-likeness (QED) is 0.863. The maximum absolute atomic E-state index is 13.0. The predicted molar refractivity (Wildman–Crippen MR) is 91.1 cm³/mol. The Morgan fingerprint density at radius 3 is 3.08 bits per heavy atom. The molecule has 2 amide bonds. The summed E-state index contributed by atoms with van der Waals surface area (Å²) in [6, 6.07) is 3.27. The van der Waals surface area contributed by atoms with Crippen LogP contribution in [-0.4, -0.2) is 63.7 Å². The summed E-state index contributed by atoms with van der Waals surface area (Å²) in [5, 5.41) is 7.08. The highest BCUT2D eigenvalue weighted by atomic mass is 16.5. The molecule has 0 aromatic carbocycles. The number of amides is 2. The first-order valence-electron chi connectivity index (χ1n) is 8.50. The molecule has 1 saturated heterocycles. The highest BCUT2D eigenvalue weighted by Gasteiger charge is 2.31. The Hall–Kier alpha value is -2.48. The average Bonchev–Trinajstić information content (AvgIpc) is 3.04. The molecule has 8 nitrogen and oxygen atoms in total. The highest BCUT2D eigenvalue weighted by molar-refractivity contribution is 5.93. The number of hydrogen-bond donors (Lipinski definition) is 1. The molecule has 25 heavy (non-hydrogen) atoms. The molecule has 1 fully saturated rings. The second-order valence-corrected chi connectivity index (χ2v) is 6.57. The van der Waals surface area contributed by atoms with Crippen LogP contribution in [-0.2, 0) is 9.53 Å². The number of carbonyl (C=O) groups is 2. The summed E-state index contributed by atoms with van der Waals surface area (Å²) in [6.45, 7) is 5.96. The summed E-state index contributed by atoms with van der Waals surface area (Å²) in [6.07, 6.45) is 3.36. The molecule has 134 valence electrons. The number of aromatic nitrogens is 3. The molecule has 0 bridgehead atoms. The Morgan fingerprint density at radius 1 is 1.44 bits per heavy atom. The topological polar surface area (TPSA) is 88.8 Å². The molecular weight excluding hydrogens is 322 g/mol. The van der Waals surface area contributed by atoms with Crippen LogP contribution in [0.15, 0.2) is 24.5 Å². The maximum atomic E-state index is 13.0.